The molecule has 0 saturated carbocycles. The summed E-state index contributed by atoms with van der Waals surface area (Å²) in [6, 6.07) is 5.36. The van der Waals surface area contributed by atoms with Crippen molar-refractivity contribution in [2.24, 2.45) is 11.8 Å². The van der Waals surface area contributed by atoms with Crippen LogP contribution in [-0.2, 0) is 30.3 Å². The van der Waals surface area contributed by atoms with Gasteiger partial charge in [0.25, 0.3) is 5.91 Å². The van der Waals surface area contributed by atoms with E-state index in [0.29, 0.717) is 38.1 Å². The van der Waals surface area contributed by atoms with Crippen molar-refractivity contribution in [1.82, 2.24) is 20.4 Å². The average Bonchev–Trinajstić information content (AvgIpc) is 2.92. The molecule has 0 unspecified atom stereocenters. The van der Waals surface area contributed by atoms with Gasteiger partial charge in [0, 0.05) is 33.2 Å². The lowest BCUT2D eigenvalue weighted by molar-refractivity contribution is -0.142. The number of benzene rings is 1. The Morgan fingerprint density at radius 3 is 2.34 bits per heavy atom. The van der Waals surface area contributed by atoms with Crippen LogP contribution >= 0.6 is 0 Å². The number of fused-ring (bicyclic) bond motifs is 13. The molecular formula is C30H46N4O7. The molecule has 2 bridgehead atoms. The van der Waals surface area contributed by atoms with Crippen LogP contribution in [0, 0.1) is 11.8 Å². The molecule has 11 heteroatoms. The number of amides is 4. The Balaban J connectivity index is 1.87. The van der Waals surface area contributed by atoms with Gasteiger partial charge in [-0.1, -0.05) is 26.0 Å². The number of aliphatic hydroxyl groups is 1. The van der Waals surface area contributed by atoms with Crippen LogP contribution in [0.4, 0.5) is 0 Å². The summed E-state index contributed by atoms with van der Waals surface area (Å²) >= 11 is 0. The van der Waals surface area contributed by atoms with Crippen LogP contribution in [0.15, 0.2) is 24.3 Å². The van der Waals surface area contributed by atoms with E-state index in [-0.39, 0.29) is 50.5 Å². The number of nitrogens with one attached hydrogen (secondary N) is 2. The Kier molecular flexibility index (Phi) is 11.5. The number of methoxy groups -OCH3 is 1. The lowest BCUT2D eigenvalue weighted by atomic mass is 9.83. The Morgan fingerprint density at radius 2 is 1.76 bits per heavy atom. The first-order chi connectivity index (χ1) is 19.4. The fraction of sp³-hybridized carbons (Fsp3) is 0.667. The van der Waals surface area contributed by atoms with Gasteiger partial charge in [0.15, 0.2) is 6.61 Å². The maximum atomic E-state index is 13.7. The van der Waals surface area contributed by atoms with Crippen LogP contribution in [-0.4, -0.2) is 103 Å². The molecule has 2 atom stereocenters. The molecule has 3 aliphatic heterocycles. The molecule has 11 nitrogen and oxygen atoms in total. The first-order valence-electron chi connectivity index (χ1n) is 14.5. The molecule has 1 saturated heterocycles. The Morgan fingerprint density at radius 1 is 1.10 bits per heavy atom. The number of likely N-dealkylation sites (tertiary alicyclic amines) is 1. The summed E-state index contributed by atoms with van der Waals surface area (Å²) in [5.41, 5.74) is -0.0106. The van der Waals surface area contributed by atoms with E-state index in [0.717, 1.165) is 5.56 Å². The number of carbonyl (C=O) groups is 4. The fourth-order valence-electron chi connectivity index (χ4n) is 5.36. The van der Waals surface area contributed by atoms with E-state index in [4.69, 9.17) is 9.47 Å². The molecule has 0 aliphatic carbocycles. The van der Waals surface area contributed by atoms with Crippen molar-refractivity contribution in [2.75, 3.05) is 46.5 Å². The quantitative estimate of drug-likeness (QED) is 0.415. The lowest BCUT2D eigenvalue weighted by Crippen LogP contribution is -2.56. The summed E-state index contributed by atoms with van der Waals surface area (Å²) in [4.78, 5) is 56.4. The lowest BCUT2D eigenvalue weighted by Gasteiger charge is -2.39. The van der Waals surface area contributed by atoms with Gasteiger partial charge in [0.2, 0.25) is 17.7 Å². The van der Waals surface area contributed by atoms with Crippen LogP contribution in [0.3, 0.4) is 0 Å². The minimum Gasteiger partial charge on any atom is -0.484 e. The summed E-state index contributed by atoms with van der Waals surface area (Å²) in [5, 5.41) is 16.1. The molecule has 3 heterocycles. The summed E-state index contributed by atoms with van der Waals surface area (Å²) in [6.45, 7) is 8.25. The monoisotopic (exact) mass is 574 g/mol. The van der Waals surface area contributed by atoms with Crippen LogP contribution in [0.25, 0.3) is 0 Å². The van der Waals surface area contributed by atoms with Gasteiger partial charge in [-0.25, -0.2) is 0 Å². The molecule has 0 aromatic heterocycles. The average molecular weight is 575 g/mol. The van der Waals surface area contributed by atoms with Crippen molar-refractivity contribution in [1.29, 1.82) is 0 Å². The van der Waals surface area contributed by atoms with E-state index >= 15 is 0 Å². The summed E-state index contributed by atoms with van der Waals surface area (Å²) in [6.07, 6.45) is 1.97. The van der Waals surface area contributed by atoms with E-state index in [1.807, 2.05) is 26.0 Å². The van der Waals surface area contributed by atoms with Gasteiger partial charge in [-0.15, -0.1) is 0 Å². The van der Waals surface area contributed by atoms with Gasteiger partial charge < -0.3 is 35.0 Å². The van der Waals surface area contributed by atoms with Crippen LogP contribution in [0.1, 0.15) is 52.5 Å². The highest BCUT2D eigenvalue weighted by atomic mass is 16.5. The van der Waals surface area contributed by atoms with Crippen LogP contribution in [0.5, 0.6) is 5.75 Å². The largest absolute Gasteiger partial charge is 0.484 e. The Bertz CT molecular complexity index is 1050. The van der Waals surface area contributed by atoms with Crippen LogP contribution < -0.4 is 15.4 Å². The molecule has 4 rings (SSSR count). The fourth-order valence-corrected chi connectivity index (χ4v) is 5.36. The van der Waals surface area contributed by atoms with Gasteiger partial charge in [-0.05, 0) is 62.6 Å². The number of piperidine rings is 1. The number of hydrogen-bond acceptors (Lipinski definition) is 7. The van der Waals surface area contributed by atoms with Gasteiger partial charge in [-0.2, -0.15) is 0 Å². The number of hydrogen-bond donors (Lipinski definition) is 3. The summed E-state index contributed by atoms with van der Waals surface area (Å²) in [5.74, 6) is -0.838. The molecule has 228 valence electrons. The van der Waals surface area contributed by atoms with E-state index in [2.05, 4.69) is 10.6 Å². The topological polar surface area (TPSA) is 138 Å². The predicted molar refractivity (Wildman–Crippen MR) is 153 cm³/mol. The molecule has 1 fully saturated rings. The highest BCUT2D eigenvalue weighted by Gasteiger charge is 2.35. The van der Waals surface area contributed by atoms with E-state index in [1.165, 1.54) is 12.0 Å². The maximum absolute atomic E-state index is 13.7. The second-order valence-electron chi connectivity index (χ2n) is 12.0. The highest BCUT2D eigenvalue weighted by molar-refractivity contribution is 5.93. The molecule has 4 amide bonds. The molecule has 1 aromatic carbocycles. The highest BCUT2D eigenvalue weighted by Crippen LogP contribution is 2.28. The Hall–Kier alpha value is -3.18. The van der Waals surface area contributed by atoms with Gasteiger partial charge in [0.05, 0.1) is 18.8 Å². The predicted octanol–water partition coefficient (Wildman–Crippen LogP) is 1.12. The number of carbonyl (C=O) groups excluding carboxylic acids is 4. The number of ether oxygens (including phenoxy) is 2. The third-order valence-corrected chi connectivity index (χ3v) is 7.72. The zero-order valence-corrected chi connectivity index (χ0v) is 25.0. The normalized spacial score (nSPS) is 22.0. The van der Waals surface area contributed by atoms with Crippen molar-refractivity contribution in [3.8, 4) is 5.75 Å². The minimum absolute atomic E-state index is 0.0883. The zero-order chi connectivity index (χ0) is 30.2. The molecule has 0 radical (unpaired) electrons. The summed E-state index contributed by atoms with van der Waals surface area (Å²) in [7, 11) is 1.51. The van der Waals surface area contributed by atoms with Crippen molar-refractivity contribution in [3.63, 3.8) is 0 Å². The smallest absolute Gasteiger partial charge is 0.258 e. The van der Waals surface area contributed by atoms with Crippen molar-refractivity contribution in [2.45, 2.75) is 71.1 Å². The standard InChI is InChI=1S/C30H46N4O7/c1-20(2)16-24-29(38)34(14-15-40-5)18-26(35)31-25(28(37)33-12-10-22(11-13-33)30(3,4)39)17-21-6-8-23(9-7-21)41-19-27(36)32-24/h6-9,20,22,24-25,39H,10-19H2,1-5H3,(H,31,35)(H,32,36)/t24-,25+/m0/s1. The number of rotatable bonds is 7. The molecule has 1 aromatic rings. The van der Waals surface area contributed by atoms with E-state index in [9.17, 15) is 24.3 Å². The third kappa shape index (κ3) is 9.71. The van der Waals surface area contributed by atoms with E-state index in [1.54, 1.807) is 30.9 Å². The minimum atomic E-state index is -0.847. The van der Waals surface area contributed by atoms with Crippen molar-refractivity contribution >= 4 is 23.6 Å². The number of nitrogens with zero attached hydrogens (tertiary/aromatic N) is 2. The van der Waals surface area contributed by atoms with Gasteiger partial charge in [-0.3, -0.25) is 19.2 Å². The SMILES string of the molecule is COCCN1CC(=O)N[C@@H](C(=O)N2CCC(C(C)(C)O)CC2)Cc2ccc(cc2)OCC(=O)N[C@@H](CC(C)C)C1=O. The van der Waals surface area contributed by atoms with Gasteiger partial charge in [0.1, 0.15) is 17.8 Å². The summed E-state index contributed by atoms with van der Waals surface area (Å²) < 4.78 is 10.8. The van der Waals surface area contributed by atoms with E-state index < -0.39 is 35.4 Å². The zero-order valence-electron chi connectivity index (χ0n) is 25.0. The third-order valence-electron chi connectivity index (χ3n) is 7.72. The molecule has 3 aliphatic rings. The van der Waals surface area contributed by atoms with Crippen LogP contribution in [0.2, 0.25) is 0 Å². The molecular weight excluding hydrogens is 528 g/mol. The first kappa shape index (κ1) is 32.3. The van der Waals surface area contributed by atoms with Crippen molar-refractivity contribution < 1.29 is 33.8 Å². The first-order valence-corrected chi connectivity index (χ1v) is 14.5. The molecule has 3 N–H and O–H groups in total. The molecule has 0 spiro atoms. The van der Waals surface area contributed by atoms with Gasteiger partial charge >= 0.3 is 0 Å². The molecule has 41 heavy (non-hydrogen) atoms. The maximum Gasteiger partial charge on any atom is 0.258 e. The second-order valence-corrected chi connectivity index (χ2v) is 12.0. The Labute approximate surface area is 242 Å². The van der Waals surface area contributed by atoms with Crippen molar-refractivity contribution in [3.05, 3.63) is 29.8 Å². The second kappa shape index (κ2) is 14.6.